The third-order valence-electron chi connectivity index (χ3n) is 3.30. The fourth-order valence-corrected chi connectivity index (χ4v) is 4.18. The van der Waals surface area contributed by atoms with E-state index in [4.69, 9.17) is 0 Å². The number of rotatable bonds is 5. The van der Waals surface area contributed by atoms with Gasteiger partial charge in [-0.25, -0.2) is 8.42 Å². The van der Waals surface area contributed by atoms with Gasteiger partial charge in [0.15, 0.2) is 9.84 Å². The lowest BCUT2D eigenvalue weighted by Crippen LogP contribution is -2.29. The lowest BCUT2D eigenvalue weighted by Gasteiger charge is -2.26. The Morgan fingerprint density at radius 3 is 2.53 bits per heavy atom. The van der Waals surface area contributed by atoms with Crippen LogP contribution in [0.5, 0.6) is 0 Å². The van der Waals surface area contributed by atoms with Crippen molar-refractivity contribution in [3.63, 3.8) is 0 Å². The normalized spacial score (nSPS) is 16.5. The first-order valence-corrected chi connectivity index (χ1v) is 7.46. The summed E-state index contributed by atoms with van der Waals surface area (Å²) in [6, 6.07) is 7.03. The maximum atomic E-state index is 12.3. The molecule has 4 heteroatoms. The van der Waals surface area contributed by atoms with E-state index in [1.54, 1.807) is 18.2 Å². The van der Waals surface area contributed by atoms with Crippen molar-refractivity contribution >= 4 is 16.1 Å². The van der Waals surface area contributed by atoms with Crippen LogP contribution in [0.25, 0.3) is 0 Å². The number of sulfone groups is 1. The number of aldehydes is 1. The zero-order chi connectivity index (χ0) is 12.3. The minimum atomic E-state index is -3.18. The van der Waals surface area contributed by atoms with Crippen LogP contribution >= 0.6 is 0 Å². The largest absolute Gasteiger partial charge is 0.303 e. The predicted molar refractivity (Wildman–Crippen MR) is 65.7 cm³/mol. The third kappa shape index (κ3) is 2.41. The summed E-state index contributed by atoms with van der Waals surface area (Å²) in [5, 5.41) is -0.208. The Morgan fingerprint density at radius 2 is 1.94 bits per heavy atom. The summed E-state index contributed by atoms with van der Waals surface area (Å²) in [6.07, 6.45) is 4.24. The predicted octanol–water partition coefficient (Wildman–Crippen LogP) is 2.14. The summed E-state index contributed by atoms with van der Waals surface area (Å²) < 4.78 is 24.6. The average Bonchev–Trinajstić information content (AvgIpc) is 2.23. The molecule has 1 aliphatic rings. The molecule has 2 rings (SSSR count). The fraction of sp³-hybridized carbons (Fsp3) is 0.462. The highest BCUT2D eigenvalue weighted by Gasteiger charge is 2.33. The number of hydrogen-bond acceptors (Lipinski definition) is 3. The lowest BCUT2D eigenvalue weighted by atomic mass is 10.00. The molecule has 17 heavy (non-hydrogen) atoms. The molecule has 1 saturated carbocycles. The smallest absolute Gasteiger partial charge is 0.181 e. The molecule has 0 aliphatic heterocycles. The SMILES string of the molecule is O=CCCc1ccccc1S(=O)(=O)C1CCC1. The van der Waals surface area contributed by atoms with E-state index in [0.717, 1.165) is 31.1 Å². The minimum Gasteiger partial charge on any atom is -0.303 e. The van der Waals surface area contributed by atoms with Crippen LogP contribution in [0.15, 0.2) is 29.2 Å². The summed E-state index contributed by atoms with van der Waals surface area (Å²) in [5.74, 6) is 0. The minimum absolute atomic E-state index is 0.208. The van der Waals surface area contributed by atoms with Crippen molar-refractivity contribution in [1.82, 2.24) is 0 Å². The van der Waals surface area contributed by atoms with Crippen LogP contribution in [0.3, 0.4) is 0 Å². The van der Waals surface area contributed by atoms with Crippen molar-refractivity contribution in [3.05, 3.63) is 29.8 Å². The van der Waals surface area contributed by atoms with Gasteiger partial charge in [0.1, 0.15) is 6.29 Å². The highest BCUT2D eigenvalue weighted by Crippen LogP contribution is 2.32. The topological polar surface area (TPSA) is 51.2 Å². The summed E-state index contributed by atoms with van der Waals surface area (Å²) in [7, 11) is -3.18. The molecular weight excluding hydrogens is 236 g/mol. The van der Waals surface area contributed by atoms with Crippen LogP contribution in [-0.2, 0) is 21.1 Å². The van der Waals surface area contributed by atoms with Gasteiger partial charge in [-0.15, -0.1) is 0 Å². The van der Waals surface area contributed by atoms with E-state index in [-0.39, 0.29) is 5.25 Å². The molecule has 0 N–H and O–H groups in total. The molecule has 1 aromatic carbocycles. The van der Waals surface area contributed by atoms with Crippen LogP contribution in [0, 0.1) is 0 Å². The number of benzene rings is 1. The van der Waals surface area contributed by atoms with E-state index in [1.165, 1.54) is 0 Å². The quantitative estimate of drug-likeness (QED) is 0.754. The van der Waals surface area contributed by atoms with Gasteiger partial charge in [-0.2, -0.15) is 0 Å². The van der Waals surface area contributed by atoms with Gasteiger partial charge in [-0.3, -0.25) is 0 Å². The standard InChI is InChI=1S/C13H16O3S/c14-10-4-6-11-5-1-2-9-13(11)17(15,16)12-7-3-8-12/h1-2,5,9-10,12H,3-4,6-8H2. The van der Waals surface area contributed by atoms with E-state index in [9.17, 15) is 13.2 Å². The summed E-state index contributed by atoms with van der Waals surface area (Å²) in [5.41, 5.74) is 0.770. The second-order valence-electron chi connectivity index (χ2n) is 4.41. The molecule has 0 atom stereocenters. The van der Waals surface area contributed by atoms with Crippen LogP contribution in [-0.4, -0.2) is 20.0 Å². The maximum Gasteiger partial charge on any atom is 0.181 e. The van der Waals surface area contributed by atoms with Crippen LogP contribution in [0.4, 0.5) is 0 Å². The van der Waals surface area contributed by atoms with E-state index < -0.39 is 9.84 Å². The van der Waals surface area contributed by atoms with Crippen molar-refractivity contribution in [1.29, 1.82) is 0 Å². The molecule has 1 aromatic rings. The average molecular weight is 252 g/mol. The van der Waals surface area contributed by atoms with Crippen molar-refractivity contribution in [2.24, 2.45) is 0 Å². The third-order valence-corrected chi connectivity index (χ3v) is 5.66. The zero-order valence-corrected chi connectivity index (χ0v) is 10.4. The Kier molecular flexibility index (Phi) is 3.62. The Hall–Kier alpha value is -1.16. The van der Waals surface area contributed by atoms with E-state index in [2.05, 4.69) is 0 Å². The van der Waals surface area contributed by atoms with E-state index in [1.807, 2.05) is 6.07 Å². The van der Waals surface area contributed by atoms with Gasteiger partial charge in [-0.1, -0.05) is 24.6 Å². The first-order valence-electron chi connectivity index (χ1n) is 5.91. The van der Waals surface area contributed by atoms with Crippen molar-refractivity contribution in [3.8, 4) is 0 Å². The van der Waals surface area contributed by atoms with E-state index in [0.29, 0.717) is 17.7 Å². The van der Waals surface area contributed by atoms with Crippen LogP contribution < -0.4 is 0 Å². The molecule has 1 aliphatic carbocycles. The second kappa shape index (κ2) is 5.00. The fourth-order valence-electron chi connectivity index (χ4n) is 2.06. The maximum absolute atomic E-state index is 12.3. The van der Waals surface area contributed by atoms with Gasteiger partial charge in [-0.05, 0) is 30.9 Å². The molecule has 1 fully saturated rings. The first kappa shape index (κ1) is 12.3. The van der Waals surface area contributed by atoms with Crippen molar-refractivity contribution in [2.45, 2.75) is 42.2 Å². The zero-order valence-electron chi connectivity index (χ0n) is 9.63. The van der Waals surface area contributed by atoms with Crippen LogP contribution in [0.1, 0.15) is 31.2 Å². The summed E-state index contributed by atoms with van der Waals surface area (Å²) in [6.45, 7) is 0. The van der Waals surface area contributed by atoms with E-state index >= 15 is 0 Å². The first-order chi connectivity index (χ1) is 8.16. The van der Waals surface area contributed by atoms with Gasteiger partial charge < -0.3 is 4.79 Å². The molecule has 92 valence electrons. The molecule has 0 heterocycles. The number of aryl methyl sites for hydroxylation is 1. The van der Waals surface area contributed by atoms with Gasteiger partial charge in [0.25, 0.3) is 0 Å². The highest BCUT2D eigenvalue weighted by atomic mass is 32.2. The molecule has 0 aromatic heterocycles. The summed E-state index contributed by atoms with van der Waals surface area (Å²) in [4.78, 5) is 10.8. The molecular formula is C13H16O3S. The molecule has 0 radical (unpaired) electrons. The Labute approximate surface area is 102 Å². The van der Waals surface area contributed by atoms with Gasteiger partial charge >= 0.3 is 0 Å². The highest BCUT2D eigenvalue weighted by molar-refractivity contribution is 7.92. The van der Waals surface area contributed by atoms with Gasteiger partial charge in [0.2, 0.25) is 0 Å². The monoisotopic (exact) mass is 252 g/mol. The Morgan fingerprint density at radius 1 is 1.24 bits per heavy atom. The van der Waals surface area contributed by atoms with Crippen molar-refractivity contribution in [2.75, 3.05) is 0 Å². The number of hydrogen-bond donors (Lipinski definition) is 0. The molecule has 0 bridgehead atoms. The van der Waals surface area contributed by atoms with Gasteiger partial charge in [0.05, 0.1) is 10.1 Å². The molecule has 3 nitrogen and oxygen atoms in total. The molecule has 0 unspecified atom stereocenters. The van der Waals surface area contributed by atoms with Crippen molar-refractivity contribution < 1.29 is 13.2 Å². The number of carbonyl (C=O) groups is 1. The number of carbonyl (C=O) groups excluding carboxylic acids is 1. The molecule has 0 spiro atoms. The molecule has 0 amide bonds. The Bertz CT molecular complexity index is 501. The van der Waals surface area contributed by atoms with Gasteiger partial charge in [0, 0.05) is 6.42 Å². The molecule has 0 saturated heterocycles. The summed E-state index contributed by atoms with van der Waals surface area (Å²) >= 11 is 0. The second-order valence-corrected chi connectivity index (χ2v) is 6.61. The Balaban J connectivity index is 2.33. The lowest BCUT2D eigenvalue weighted by molar-refractivity contribution is -0.107. The van der Waals surface area contributed by atoms with Crippen LogP contribution in [0.2, 0.25) is 0 Å².